The molecular formula is C28H62O41P8. The van der Waals surface area contributed by atoms with Crippen LogP contribution in [0.1, 0.15) is 13.8 Å². The van der Waals surface area contributed by atoms with Crippen LogP contribution < -0.4 is 0 Å². The smallest absolute Gasteiger partial charge is 0.382 e. The van der Waals surface area contributed by atoms with Crippen LogP contribution in [0.15, 0.2) is 0 Å². The van der Waals surface area contributed by atoms with Gasteiger partial charge in [-0.1, -0.05) is 0 Å². The van der Waals surface area contributed by atoms with Gasteiger partial charge in [0.25, 0.3) is 0 Å². The molecule has 77 heavy (non-hydrogen) atoms. The summed E-state index contributed by atoms with van der Waals surface area (Å²) in [6.07, 6.45) is -33.1. The minimum atomic E-state index is -6.13. The van der Waals surface area contributed by atoms with Crippen molar-refractivity contribution in [2.45, 2.75) is 99.3 Å². The lowest BCUT2D eigenvalue weighted by molar-refractivity contribution is -0.250. The highest BCUT2D eigenvalue weighted by atomic mass is 31.2. The molecule has 0 aliphatic heterocycles. The van der Waals surface area contributed by atoms with Crippen LogP contribution in [0.4, 0.5) is 0 Å². The van der Waals surface area contributed by atoms with Crippen LogP contribution in [0.2, 0.25) is 0 Å². The molecule has 6 unspecified atom stereocenters. The lowest BCUT2D eigenvalue weighted by Gasteiger charge is -2.49. The molecule has 2 rings (SSSR count). The molecule has 2 aliphatic carbocycles. The first-order chi connectivity index (χ1) is 34.9. The van der Waals surface area contributed by atoms with Crippen LogP contribution in [-0.2, 0) is 115 Å². The molecule has 0 saturated heterocycles. The van der Waals surface area contributed by atoms with Crippen LogP contribution >= 0.6 is 62.6 Å². The molecule has 0 aromatic rings. The molecule has 2 fully saturated rings. The number of methoxy groups -OCH3 is 2. The molecule has 2 saturated carbocycles. The Bertz CT molecular complexity index is 2040. The van der Waals surface area contributed by atoms with Gasteiger partial charge >= 0.3 is 62.6 Å². The lowest BCUT2D eigenvalue weighted by atomic mass is 9.84. The monoisotopic (exact) mass is 1300 g/mol. The first-order valence-electron chi connectivity index (χ1n) is 21.1. The largest absolute Gasteiger partial charge is 0.470 e. The average molecular weight is 1300 g/mol. The summed E-state index contributed by atoms with van der Waals surface area (Å²) < 4.78 is 184. The first kappa shape index (κ1) is 73.6. The van der Waals surface area contributed by atoms with E-state index >= 15 is 0 Å². The summed E-state index contributed by atoms with van der Waals surface area (Å²) in [7, 11) is -45.4. The van der Waals surface area contributed by atoms with Crippen molar-refractivity contribution in [1.82, 2.24) is 0 Å². The molecule has 0 aromatic carbocycles. The van der Waals surface area contributed by atoms with Crippen molar-refractivity contribution in [3.05, 3.63) is 0 Å². The molecule has 0 spiro atoms. The van der Waals surface area contributed by atoms with E-state index in [1.165, 1.54) is 14.2 Å². The van der Waals surface area contributed by atoms with E-state index in [4.69, 9.17) is 56.2 Å². The summed E-state index contributed by atoms with van der Waals surface area (Å²) >= 11 is 0. The molecule has 0 bridgehead atoms. The van der Waals surface area contributed by atoms with Crippen LogP contribution in [-0.4, -0.2) is 244 Å². The summed E-state index contributed by atoms with van der Waals surface area (Å²) in [5, 5.41) is 0. The minimum Gasteiger partial charge on any atom is -0.382 e. The van der Waals surface area contributed by atoms with E-state index in [0.29, 0.717) is 0 Å². The third-order valence-electron chi connectivity index (χ3n) is 9.43. The maximum Gasteiger partial charge on any atom is 0.470 e. The molecule has 49 heteroatoms. The summed E-state index contributed by atoms with van der Waals surface area (Å²) in [4.78, 5) is 157. The molecule has 0 aromatic heterocycles. The Labute approximate surface area is 435 Å². The maximum absolute atomic E-state index is 12.5. The van der Waals surface area contributed by atoms with Gasteiger partial charge in [0, 0.05) is 14.2 Å². The number of hydrogen-bond donors (Lipinski definition) is 16. The van der Waals surface area contributed by atoms with Crippen LogP contribution in [0.5, 0.6) is 0 Å². The Morgan fingerprint density at radius 3 is 0.636 bits per heavy atom. The third-order valence-corrected chi connectivity index (χ3v) is 13.6. The standard InChI is InChI=1S/C28H62O41P8/c1-15(13-53-3)56-9-11-60-18-21(62-70(29,30)31)17(22(63-71(32,33)34)19(23(18)64-72(35,36)37)61-12-10-57-16(2)14-54-4)58-7-5-55-6-8-59-20-24(65-73(38,39)40)26(67-75(44,45)46)28(69-77(50,51)52)27(68-76(47,48)49)25(20)66-74(41,42)43/h15-28H,5-14H2,1-4H3,(H2,29,30,31)(H2,32,33,34)(H2,35,36,37)(H2,38,39,40)(H2,41,42,43)(H2,44,45,46)(H2,47,48,49)(H2,50,51,52)/t15?,16?,17?,18-,19+,20?,21+,22-,23?,24-,25+,26+,27-,28?. The quantitative estimate of drug-likeness (QED) is 0.0211. The number of phosphoric acid groups is 8. The van der Waals surface area contributed by atoms with Crippen molar-refractivity contribution in [2.24, 2.45) is 0 Å². The van der Waals surface area contributed by atoms with Crippen LogP contribution in [0.25, 0.3) is 0 Å². The Morgan fingerprint density at radius 2 is 0.455 bits per heavy atom. The zero-order chi connectivity index (χ0) is 59.2. The van der Waals surface area contributed by atoms with Crippen LogP contribution in [0, 0.1) is 0 Å². The number of hydrogen-bond acceptors (Lipinski definition) is 25. The van der Waals surface area contributed by atoms with Crippen molar-refractivity contribution in [3.8, 4) is 0 Å². The topological polar surface area (TPSA) is 617 Å². The molecule has 2 aliphatic rings. The van der Waals surface area contributed by atoms with Crippen molar-refractivity contribution < 1.29 is 194 Å². The summed E-state index contributed by atoms with van der Waals surface area (Å²) in [5.41, 5.74) is 0. The van der Waals surface area contributed by atoms with Gasteiger partial charge in [-0.05, 0) is 13.8 Å². The zero-order valence-electron chi connectivity index (χ0n) is 40.1. The molecule has 16 N–H and O–H groups in total. The Hall–Kier alpha value is 0.520. The zero-order valence-corrected chi connectivity index (χ0v) is 47.2. The van der Waals surface area contributed by atoms with E-state index in [0.717, 1.165) is 0 Å². The highest BCUT2D eigenvalue weighted by Gasteiger charge is 2.62. The number of rotatable bonds is 38. The van der Waals surface area contributed by atoms with Crippen molar-refractivity contribution in [3.63, 3.8) is 0 Å². The molecule has 0 amide bonds. The third kappa shape index (κ3) is 30.3. The molecular weight excluding hydrogens is 1240 g/mol. The highest BCUT2D eigenvalue weighted by molar-refractivity contribution is 7.48. The van der Waals surface area contributed by atoms with Gasteiger partial charge in [-0.2, -0.15) is 0 Å². The van der Waals surface area contributed by atoms with Gasteiger partial charge in [-0.15, -0.1) is 0 Å². The second kappa shape index (κ2) is 31.6. The maximum atomic E-state index is 12.5. The molecule has 41 nitrogen and oxygen atoms in total. The van der Waals surface area contributed by atoms with Gasteiger partial charge in [-0.3, -0.25) is 36.2 Å². The SMILES string of the molecule is COCC(C)OCCO[C@@H]1C(OP(=O)(O)O)[C@H](OCCOC(C)COC)[C@@H](OP(=O)(O)O)C(OCCOCCOC2[C@@H](OP(=O)(O)O)[C@H](OP(=O)(O)O)C(OP(=O)(O)O)[C@H](OP(=O)(O)O)[C@H]2OP(=O)(O)O)[C@H]1OP(=O)(O)O. The molecule has 0 heterocycles. The molecule has 14 atom stereocenters. The van der Waals surface area contributed by atoms with Gasteiger partial charge in [0.15, 0.2) is 0 Å². The van der Waals surface area contributed by atoms with Crippen LogP contribution in [0.3, 0.4) is 0 Å². The van der Waals surface area contributed by atoms with Gasteiger partial charge in [0.05, 0.1) is 78.3 Å². The first-order valence-corrected chi connectivity index (χ1v) is 33.3. The normalized spacial score (nSPS) is 28.4. The summed E-state index contributed by atoms with van der Waals surface area (Å²) in [6, 6.07) is 0. The lowest BCUT2D eigenvalue weighted by Crippen LogP contribution is -2.67. The van der Waals surface area contributed by atoms with E-state index in [2.05, 4.69) is 22.6 Å². The van der Waals surface area contributed by atoms with Gasteiger partial charge in [-0.25, -0.2) is 36.5 Å². The summed E-state index contributed by atoms with van der Waals surface area (Å²) in [6.45, 7) is -2.57. The molecule has 460 valence electrons. The van der Waals surface area contributed by atoms with E-state index in [1.807, 2.05) is 0 Å². The van der Waals surface area contributed by atoms with Gasteiger partial charge in [0.1, 0.15) is 73.2 Å². The predicted octanol–water partition coefficient (Wildman–Crippen LogP) is -3.50. The predicted molar refractivity (Wildman–Crippen MR) is 240 cm³/mol. The fraction of sp³-hybridized carbons (Fsp3) is 1.00. The van der Waals surface area contributed by atoms with Crippen molar-refractivity contribution in [2.75, 3.05) is 80.3 Å². The fourth-order valence-corrected chi connectivity index (χ4v) is 11.7. The van der Waals surface area contributed by atoms with E-state index in [1.54, 1.807) is 13.8 Å². The fourth-order valence-electron chi connectivity index (χ4n) is 7.25. The van der Waals surface area contributed by atoms with Crippen molar-refractivity contribution >= 4 is 62.6 Å². The second-order valence-electron chi connectivity index (χ2n) is 15.7. The molecule has 0 radical (unpaired) electrons. The van der Waals surface area contributed by atoms with Crippen molar-refractivity contribution in [1.29, 1.82) is 0 Å². The minimum absolute atomic E-state index is 0.0444. The van der Waals surface area contributed by atoms with E-state index in [-0.39, 0.29) is 26.4 Å². The highest BCUT2D eigenvalue weighted by Crippen LogP contribution is 2.56. The Kier molecular flexibility index (Phi) is 30.2. The van der Waals surface area contributed by atoms with Gasteiger partial charge < -0.3 is 121 Å². The second-order valence-corrected chi connectivity index (χ2v) is 25.2. The Balaban J connectivity index is 2.66. The Morgan fingerprint density at radius 1 is 0.286 bits per heavy atom. The van der Waals surface area contributed by atoms with E-state index in [9.17, 15) is 115 Å². The van der Waals surface area contributed by atoms with E-state index < -0.39 is 188 Å². The summed E-state index contributed by atoms with van der Waals surface area (Å²) in [5.74, 6) is 0. The number of ether oxygens (including phenoxy) is 9. The van der Waals surface area contributed by atoms with Gasteiger partial charge in [0.2, 0.25) is 0 Å². The average Bonchev–Trinajstić information content (AvgIpc) is 3.20. The number of phosphoric ester groups is 8.